The second-order valence-corrected chi connectivity index (χ2v) is 5.34. The van der Waals surface area contributed by atoms with Crippen LogP contribution in [-0.2, 0) is 9.59 Å². The van der Waals surface area contributed by atoms with Crippen molar-refractivity contribution in [1.29, 1.82) is 0 Å². The van der Waals surface area contributed by atoms with Crippen molar-refractivity contribution >= 4 is 35.3 Å². The summed E-state index contributed by atoms with van der Waals surface area (Å²) in [5, 5.41) is 6.91. The topological polar surface area (TPSA) is 70.6 Å². The Morgan fingerprint density at radius 2 is 1.79 bits per heavy atom. The molecule has 0 spiro atoms. The van der Waals surface area contributed by atoms with Crippen LogP contribution in [0.25, 0.3) is 0 Å². The summed E-state index contributed by atoms with van der Waals surface area (Å²) in [6.07, 6.45) is 1.40. The summed E-state index contributed by atoms with van der Waals surface area (Å²) < 4.78 is 12.7. The van der Waals surface area contributed by atoms with Gasteiger partial charge in [0.15, 0.2) is 0 Å². The Kier molecular flexibility index (Phi) is 6.45. The van der Waals surface area contributed by atoms with Crippen LogP contribution < -0.4 is 10.7 Å². The fraction of sp³-hybridized carbons (Fsp3) is 0.118. The van der Waals surface area contributed by atoms with E-state index in [9.17, 15) is 14.0 Å². The molecule has 2 N–H and O–H groups in total. The number of hydrazone groups is 1. The summed E-state index contributed by atoms with van der Waals surface area (Å²) >= 11 is 5.82. The fourth-order valence-electron chi connectivity index (χ4n) is 1.80. The molecule has 2 aromatic carbocycles. The zero-order valence-electron chi connectivity index (χ0n) is 12.6. The minimum Gasteiger partial charge on any atom is -0.326 e. The molecule has 124 valence electrons. The van der Waals surface area contributed by atoms with E-state index in [1.54, 1.807) is 24.3 Å². The van der Waals surface area contributed by atoms with E-state index in [4.69, 9.17) is 11.6 Å². The van der Waals surface area contributed by atoms with Crippen LogP contribution in [0.2, 0.25) is 5.02 Å². The first-order valence-electron chi connectivity index (χ1n) is 7.16. The van der Waals surface area contributed by atoms with Gasteiger partial charge in [0.25, 0.3) is 0 Å². The van der Waals surface area contributed by atoms with Crippen LogP contribution in [0.3, 0.4) is 0 Å². The first-order valence-corrected chi connectivity index (χ1v) is 7.53. The van der Waals surface area contributed by atoms with Gasteiger partial charge in [-0.2, -0.15) is 5.10 Å². The predicted octanol–water partition coefficient (Wildman–Crippen LogP) is 3.35. The fourth-order valence-corrected chi connectivity index (χ4v) is 1.99. The van der Waals surface area contributed by atoms with E-state index < -0.39 is 5.91 Å². The van der Waals surface area contributed by atoms with E-state index in [1.807, 2.05) is 0 Å². The molecule has 0 aromatic heterocycles. The van der Waals surface area contributed by atoms with Gasteiger partial charge < -0.3 is 5.32 Å². The Hall–Kier alpha value is -2.73. The van der Waals surface area contributed by atoms with Crippen LogP contribution in [0.15, 0.2) is 53.6 Å². The summed E-state index contributed by atoms with van der Waals surface area (Å²) in [6, 6.07) is 12.4. The number of hydrogen-bond donors (Lipinski definition) is 2. The van der Waals surface area contributed by atoms with Gasteiger partial charge >= 0.3 is 0 Å². The minimum atomic E-state index is -0.394. The number of nitrogens with one attached hydrogen (secondary N) is 2. The second-order valence-electron chi connectivity index (χ2n) is 4.90. The molecule has 7 heteroatoms. The SMILES string of the molecule is O=C(CCC(=O)Nc1cccc(Cl)c1)NN=Cc1ccc(F)cc1. The molecule has 0 atom stereocenters. The normalized spacial score (nSPS) is 10.6. The van der Waals surface area contributed by atoms with E-state index in [0.29, 0.717) is 16.3 Å². The van der Waals surface area contributed by atoms with Gasteiger partial charge in [0.05, 0.1) is 6.21 Å². The molecule has 2 aromatic rings. The van der Waals surface area contributed by atoms with Crippen molar-refractivity contribution in [1.82, 2.24) is 5.43 Å². The first kappa shape index (κ1) is 17.6. The van der Waals surface area contributed by atoms with Crippen LogP contribution in [0.4, 0.5) is 10.1 Å². The number of carbonyl (C=O) groups is 2. The number of carbonyl (C=O) groups excluding carboxylic acids is 2. The molecule has 24 heavy (non-hydrogen) atoms. The molecule has 5 nitrogen and oxygen atoms in total. The maximum atomic E-state index is 12.7. The number of rotatable bonds is 6. The summed E-state index contributed by atoms with van der Waals surface area (Å²) in [6.45, 7) is 0. The average molecular weight is 348 g/mol. The summed E-state index contributed by atoms with van der Waals surface area (Å²) in [5.74, 6) is -1.04. The molecule has 2 rings (SSSR count). The van der Waals surface area contributed by atoms with E-state index >= 15 is 0 Å². The van der Waals surface area contributed by atoms with Gasteiger partial charge in [0.2, 0.25) is 11.8 Å². The number of nitrogens with zero attached hydrogens (tertiary/aromatic N) is 1. The standard InChI is InChI=1S/C17H15ClFN3O2/c18-13-2-1-3-15(10-13)21-16(23)8-9-17(24)22-20-11-12-4-6-14(19)7-5-12/h1-7,10-11H,8-9H2,(H,21,23)(H,22,24). The van der Waals surface area contributed by atoms with Gasteiger partial charge in [-0.15, -0.1) is 0 Å². The Balaban J connectivity index is 1.72. The maximum Gasteiger partial charge on any atom is 0.240 e. The van der Waals surface area contributed by atoms with E-state index in [0.717, 1.165) is 0 Å². The lowest BCUT2D eigenvalue weighted by molar-refractivity contribution is -0.124. The van der Waals surface area contributed by atoms with Gasteiger partial charge in [-0.05, 0) is 35.9 Å². The zero-order chi connectivity index (χ0) is 17.4. The first-order chi connectivity index (χ1) is 11.5. The minimum absolute atomic E-state index is 0.00679. The van der Waals surface area contributed by atoms with Crippen LogP contribution in [0, 0.1) is 5.82 Å². The van der Waals surface area contributed by atoms with Crippen molar-refractivity contribution < 1.29 is 14.0 Å². The lowest BCUT2D eigenvalue weighted by atomic mass is 10.2. The quantitative estimate of drug-likeness (QED) is 0.621. The number of halogens is 2. The van der Waals surface area contributed by atoms with Crippen LogP contribution >= 0.6 is 11.6 Å². The Morgan fingerprint density at radius 3 is 2.50 bits per heavy atom. The van der Waals surface area contributed by atoms with Crippen molar-refractivity contribution in [3.8, 4) is 0 Å². The van der Waals surface area contributed by atoms with Crippen molar-refractivity contribution in [2.45, 2.75) is 12.8 Å². The maximum absolute atomic E-state index is 12.7. The molecule has 0 heterocycles. The predicted molar refractivity (Wildman–Crippen MR) is 91.5 cm³/mol. The lowest BCUT2D eigenvalue weighted by Crippen LogP contribution is -2.20. The third kappa shape index (κ3) is 6.18. The lowest BCUT2D eigenvalue weighted by Gasteiger charge is -2.05. The van der Waals surface area contributed by atoms with E-state index in [-0.39, 0.29) is 24.6 Å². The number of benzene rings is 2. The third-order valence-electron chi connectivity index (χ3n) is 2.96. The molecule has 0 saturated carbocycles. The Bertz CT molecular complexity index is 748. The highest BCUT2D eigenvalue weighted by atomic mass is 35.5. The second kappa shape index (κ2) is 8.79. The number of anilines is 1. The van der Waals surface area contributed by atoms with Crippen LogP contribution in [0.5, 0.6) is 0 Å². The summed E-state index contributed by atoms with van der Waals surface area (Å²) in [5.41, 5.74) is 3.53. The molecule has 0 fully saturated rings. The molecule has 0 aliphatic carbocycles. The molecule has 0 unspecified atom stereocenters. The monoisotopic (exact) mass is 347 g/mol. The molecule has 0 saturated heterocycles. The highest BCUT2D eigenvalue weighted by molar-refractivity contribution is 6.30. The van der Waals surface area contributed by atoms with Crippen molar-refractivity contribution in [3.05, 3.63) is 64.9 Å². The Labute approximate surface area is 143 Å². The highest BCUT2D eigenvalue weighted by Gasteiger charge is 2.07. The third-order valence-corrected chi connectivity index (χ3v) is 3.20. The largest absolute Gasteiger partial charge is 0.326 e. The van der Waals surface area contributed by atoms with Gasteiger partial charge in [-0.1, -0.05) is 29.8 Å². The van der Waals surface area contributed by atoms with Crippen molar-refractivity contribution in [3.63, 3.8) is 0 Å². The average Bonchev–Trinajstić information content (AvgIpc) is 2.55. The summed E-state index contributed by atoms with van der Waals surface area (Å²) in [7, 11) is 0. The molecule has 0 bridgehead atoms. The van der Waals surface area contributed by atoms with Gasteiger partial charge in [-0.25, -0.2) is 9.82 Å². The molecular formula is C17H15ClFN3O2. The molecule has 0 radical (unpaired) electrons. The molecule has 2 amide bonds. The molecular weight excluding hydrogens is 333 g/mol. The van der Waals surface area contributed by atoms with Crippen LogP contribution in [0.1, 0.15) is 18.4 Å². The number of amides is 2. The smallest absolute Gasteiger partial charge is 0.240 e. The highest BCUT2D eigenvalue weighted by Crippen LogP contribution is 2.15. The van der Waals surface area contributed by atoms with Gasteiger partial charge in [0.1, 0.15) is 5.82 Å². The zero-order valence-corrected chi connectivity index (χ0v) is 13.4. The molecule has 0 aliphatic rings. The van der Waals surface area contributed by atoms with E-state index in [2.05, 4.69) is 15.8 Å². The van der Waals surface area contributed by atoms with Gasteiger partial charge in [0, 0.05) is 23.6 Å². The van der Waals surface area contributed by atoms with E-state index in [1.165, 1.54) is 30.5 Å². The number of hydrogen-bond acceptors (Lipinski definition) is 3. The van der Waals surface area contributed by atoms with Crippen molar-refractivity contribution in [2.75, 3.05) is 5.32 Å². The summed E-state index contributed by atoms with van der Waals surface area (Å²) in [4.78, 5) is 23.4. The van der Waals surface area contributed by atoms with Gasteiger partial charge in [-0.3, -0.25) is 9.59 Å². The Morgan fingerprint density at radius 1 is 1.08 bits per heavy atom. The molecule has 0 aliphatic heterocycles. The van der Waals surface area contributed by atoms with Crippen LogP contribution in [-0.4, -0.2) is 18.0 Å². The van der Waals surface area contributed by atoms with Crippen molar-refractivity contribution in [2.24, 2.45) is 5.10 Å².